The van der Waals surface area contributed by atoms with Crippen LogP contribution in [0.2, 0.25) is 0 Å². The minimum atomic E-state index is -0.133. The molecule has 7 aromatic carbocycles. The molecule has 0 radical (unpaired) electrons. The molecular formula is C49H34N4. The van der Waals surface area contributed by atoms with Crippen LogP contribution in [0.25, 0.3) is 89.4 Å². The Morgan fingerprint density at radius 1 is 0.358 bits per heavy atom. The summed E-state index contributed by atoms with van der Waals surface area (Å²) in [7, 11) is 0. The van der Waals surface area contributed by atoms with Gasteiger partial charge in [0.2, 0.25) is 0 Å². The van der Waals surface area contributed by atoms with Gasteiger partial charge >= 0.3 is 0 Å². The Kier molecular flexibility index (Phi) is 7.12. The standard InChI is InChI=1S/C49H34N4/c1-49(2)42-25-15-14-24-37(42)39-28-40-38(31-16-6-3-7-17-31)29-44(50-45(40)30-43(39)49)35-26-34-22-12-13-23-36(34)41(27-35)48-52-46(32-18-8-4-9-19-32)51-47(53-48)33-20-10-5-11-21-33/h3-30H,1-2H3. The number of pyridine rings is 1. The van der Waals surface area contributed by atoms with Gasteiger partial charge in [-0.2, -0.15) is 0 Å². The third kappa shape index (κ3) is 5.22. The first-order valence-electron chi connectivity index (χ1n) is 18.1. The van der Waals surface area contributed by atoms with Crippen LogP contribution in [-0.2, 0) is 5.41 Å². The molecule has 0 spiro atoms. The molecule has 53 heavy (non-hydrogen) atoms. The monoisotopic (exact) mass is 678 g/mol. The molecule has 2 aromatic heterocycles. The summed E-state index contributed by atoms with van der Waals surface area (Å²) in [5, 5.41) is 3.31. The Labute approximate surface area is 308 Å². The van der Waals surface area contributed by atoms with E-state index in [2.05, 4.69) is 123 Å². The molecule has 4 nitrogen and oxygen atoms in total. The second-order valence-corrected chi connectivity index (χ2v) is 14.3. The maximum atomic E-state index is 5.46. The van der Waals surface area contributed by atoms with E-state index in [1.807, 2.05) is 60.7 Å². The third-order valence-corrected chi connectivity index (χ3v) is 10.7. The van der Waals surface area contributed by atoms with Gasteiger partial charge in [-0.3, -0.25) is 0 Å². The predicted octanol–water partition coefficient (Wildman–Crippen LogP) is 12.2. The lowest BCUT2D eigenvalue weighted by Crippen LogP contribution is -2.14. The summed E-state index contributed by atoms with van der Waals surface area (Å²) in [5.74, 6) is 1.89. The molecule has 0 N–H and O–H groups in total. The first kappa shape index (κ1) is 31.0. The van der Waals surface area contributed by atoms with Crippen molar-refractivity contribution in [2.24, 2.45) is 0 Å². The van der Waals surface area contributed by atoms with Crippen molar-refractivity contribution in [3.63, 3.8) is 0 Å². The van der Waals surface area contributed by atoms with Crippen molar-refractivity contribution >= 4 is 21.7 Å². The van der Waals surface area contributed by atoms with Gasteiger partial charge in [0.05, 0.1) is 11.2 Å². The molecule has 10 rings (SSSR count). The fraction of sp³-hybridized carbons (Fsp3) is 0.0612. The lowest BCUT2D eigenvalue weighted by molar-refractivity contribution is 0.661. The first-order chi connectivity index (χ1) is 26.0. The molecule has 0 saturated carbocycles. The van der Waals surface area contributed by atoms with E-state index in [0.29, 0.717) is 17.5 Å². The zero-order valence-electron chi connectivity index (χ0n) is 29.5. The average molecular weight is 679 g/mol. The van der Waals surface area contributed by atoms with Crippen LogP contribution in [0, 0.1) is 0 Å². The van der Waals surface area contributed by atoms with Gasteiger partial charge in [0.1, 0.15) is 0 Å². The van der Waals surface area contributed by atoms with Gasteiger partial charge in [0.15, 0.2) is 17.5 Å². The van der Waals surface area contributed by atoms with E-state index in [0.717, 1.165) is 60.8 Å². The number of hydrogen-bond acceptors (Lipinski definition) is 4. The lowest BCUT2D eigenvalue weighted by Gasteiger charge is -2.22. The Morgan fingerprint density at radius 3 is 1.64 bits per heavy atom. The number of benzene rings is 7. The summed E-state index contributed by atoms with van der Waals surface area (Å²) in [4.78, 5) is 20.7. The van der Waals surface area contributed by atoms with Crippen LogP contribution >= 0.6 is 0 Å². The Hall–Kier alpha value is -6.78. The fourth-order valence-electron chi connectivity index (χ4n) is 8.00. The Morgan fingerprint density at radius 2 is 0.943 bits per heavy atom. The molecule has 0 bridgehead atoms. The maximum absolute atomic E-state index is 5.46. The molecule has 1 aliphatic carbocycles. The van der Waals surface area contributed by atoms with Crippen molar-refractivity contribution in [1.82, 2.24) is 19.9 Å². The first-order valence-corrected chi connectivity index (χ1v) is 18.1. The second kappa shape index (κ2) is 12.2. The number of fused-ring (bicyclic) bond motifs is 5. The minimum absolute atomic E-state index is 0.133. The van der Waals surface area contributed by atoms with Gasteiger partial charge in [0.25, 0.3) is 0 Å². The maximum Gasteiger partial charge on any atom is 0.164 e. The van der Waals surface area contributed by atoms with E-state index in [4.69, 9.17) is 19.9 Å². The van der Waals surface area contributed by atoms with Crippen LogP contribution in [0.5, 0.6) is 0 Å². The fourth-order valence-corrected chi connectivity index (χ4v) is 8.00. The lowest BCUT2D eigenvalue weighted by atomic mass is 9.82. The summed E-state index contributed by atoms with van der Waals surface area (Å²) in [5.41, 5.74) is 13.1. The van der Waals surface area contributed by atoms with E-state index in [9.17, 15) is 0 Å². The summed E-state index contributed by atoms with van der Waals surface area (Å²) in [6.07, 6.45) is 0. The molecular weight excluding hydrogens is 645 g/mol. The molecule has 9 aromatic rings. The molecule has 0 unspecified atom stereocenters. The van der Waals surface area contributed by atoms with Crippen LogP contribution in [-0.4, -0.2) is 19.9 Å². The van der Waals surface area contributed by atoms with Gasteiger partial charge < -0.3 is 0 Å². The highest BCUT2D eigenvalue weighted by atomic mass is 15.0. The molecule has 4 heteroatoms. The summed E-state index contributed by atoms with van der Waals surface area (Å²) in [6.45, 7) is 4.65. The molecule has 0 aliphatic heterocycles. The van der Waals surface area contributed by atoms with E-state index >= 15 is 0 Å². The zero-order valence-corrected chi connectivity index (χ0v) is 29.5. The largest absolute Gasteiger partial charge is 0.248 e. The predicted molar refractivity (Wildman–Crippen MR) is 217 cm³/mol. The van der Waals surface area contributed by atoms with Gasteiger partial charge in [-0.05, 0) is 74.5 Å². The van der Waals surface area contributed by atoms with Crippen molar-refractivity contribution in [1.29, 1.82) is 0 Å². The van der Waals surface area contributed by atoms with Crippen LogP contribution < -0.4 is 0 Å². The van der Waals surface area contributed by atoms with Crippen molar-refractivity contribution in [2.45, 2.75) is 19.3 Å². The normalized spacial score (nSPS) is 12.9. The highest BCUT2D eigenvalue weighted by Gasteiger charge is 2.35. The molecule has 250 valence electrons. The van der Waals surface area contributed by atoms with Crippen molar-refractivity contribution in [3.05, 3.63) is 181 Å². The quantitative estimate of drug-likeness (QED) is 0.182. The molecule has 0 saturated heterocycles. The topological polar surface area (TPSA) is 51.6 Å². The van der Waals surface area contributed by atoms with Gasteiger partial charge in [0, 0.05) is 33.1 Å². The summed E-state index contributed by atoms with van der Waals surface area (Å²) in [6, 6.07) is 59.6. The van der Waals surface area contributed by atoms with E-state index in [1.54, 1.807) is 0 Å². The van der Waals surface area contributed by atoms with Crippen LogP contribution in [0.4, 0.5) is 0 Å². The van der Waals surface area contributed by atoms with E-state index in [1.165, 1.54) is 22.3 Å². The summed E-state index contributed by atoms with van der Waals surface area (Å²) < 4.78 is 0. The molecule has 1 aliphatic rings. The Balaban J connectivity index is 1.22. The number of aromatic nitrogens is 4. The van der Waals surface area contributed by atoms with E-state index < -0.39 is 0 Å². The molecule has 0 fully saturated rings. The molecule has 2 heterocycles. The Bertz CT molecular complexity index is 2790. The van der Waals surface area contributed by atoms with Gasteiger partial charge in [-0.25, -0.2) is 19.9 Å². The zero-order chi connectivity index (χ0) is 35.5. The van der Waals surface area contributed by atoms with Crippen molar-refractivity contribution < 1.29 is 0 Å². The highest BCUT2D eigenvalue weighted by Crippen LogP contribution is 2.50. The van der Waals surface area contributed by atoms with Crippen molar-refractivity contribution in [3.8, 4) is 67.7 Å². The van der Waals surface area contributed by atoms with Crippen LogP contribution in [0.1, 0.15) is 25.0 Å². The molecule has 0 amide bonds. The SMILES string of the molecule is CC1(C)c2ccccc2-c2cc3c(-c4ccccc4)cc(-c4cc(-c5nc(-c6ccccc6)nc(-c6ccccc6)n5)c5ccccc5c4)nc3cc21. The van der Waals surface area contributed by atoms with Gasteiger partial charge in [-0.1, -0.05) is 153 Å². The second-order valence-electron chi connectivity index (χ2n) is 14.3. The average Bonchev–Trinajstić information content (AvgIpc) is 3.45. The van der Waals surface area contributed by atoms with Crippen LogP contribution in [0.15, 0.2) is 170 Å². The van der Waals surface area contributed by atoms with E-state index in [-0.39, 0.29) is 5.41 Å². The number of hydrogen-bond donors (Lipinski definition) is 0. The van der Waals surface area contributed by atoms with Crippen LogP contribution in [0.3, 0.4) is 0 Å². The highest BCUT2D eigenvalue weighted by molar-refractivity contribution is 6.03. The smallest absolute Gasteiger partial charge is 0.164 e. The third-order valence-electron chi connectivity index (χ3n) is 10.7. The molecule has 0 atom stereocenters. The summed E-state index contributed by atoms with van der Waals surface area (Å²) >= 11 is 0. The number of nitrogens with zero attached hydrogens (tertiary/aromatic N) is 4. The number of rotatable bonds is 5. The minimum Gasteiger partial charge on any atom is -0.248 e. The van der Waals surface area contributed by atoms with Gasteiger partial charge in [-0.15, -0.1) is 0 Å². The van der Waals surface area contributed by atoms with Crippen molar-refractivity contribution in [2.75, 3.05) is 0 Å².